The highest BCUT2D eigenvalue weighted by Gasteiger charge is 2.48. The lowest BCUT2D eigenvalue weighted by Crippen LogP contribution is -2.46. The van der Waals surface area contributed by atoms with Crippen molar-refractivity contribution in [2.45, 2.75) is 6.04 Å². The second kappa shape index (κ2) is 4.13. The minimum atomic E-state index is -1.08. The Bertz CT molecular complexity index is 550. The minimum absolute atomic E-state index is 0.000827. The fraction of sp³-hybridized carbons (Fsp3) is 0.333. The molecule has 0 radical (unpaired) electrons. The van der Waals surface area contributed by atoms with Crippen molar-refractivity contribution in [2.75, 3.05) is 13.2 Å². The Balaban J connectivity index is 1.98. The van der Waals surface area contributed by atoms with Gasteiger partial charge in [-0.3, -0.25) is 24.3 Å². The SMILES string of the molecule is O=C(O)C1COCC1N1C(=O)c2cccnc2C1=O. The number of fused-ring (bicyclic) bond motifs is 1. The van der Waals surface area contributed by atoms with Gasteiger partial charge in [0.2, 0.25) is 0 Å². The molecule has 1 saturated heterocycles. The number of hydrogen-bond donors (Lipinski definition) is 1. The van der Waals surface area contributed by atoms with Gasteiger partial charge in [0, 0.05) is 6.20 Å². The number of rotatable bonds is 2. The monoisotopic (exact) mass is 262 g/mol. The molecular weight excluding hydrogens is 252 g/mol. The standard InChI is InChI=1S/C12H10N2O5/c15-10-6-2-1-3-13-9(6)11(16)14(10)8-5-19-4-7(8)12(17)18/h1-3,7-8H,4-5H2,(H,17,18). The minimum Gasteiger partial charge on any atom is -0.481 e. The number of aromatic nitrogens is 1. The number of aliphatic carboxylic acids is 1. The molecule has 7 heteroatoms. The zero-order valence-corrected chi connectivity index (χ0v) is 9.78. The second-order valence-corrected chi connectivity index (χ2v) is 4.43. The van der Waals surface area contributed by atoms with Crippen molar-refractivity contribution in [1.82, 2.24) is 9.88 Å². The van der Waals surface area contributed by atoms with Gasteiger partial charge in [0.15, 0.2) is 0 Å². The smallest absolute Gasteiger partial charge is 0.311 e. The van der Waals surface area contributed by atoms with E-state index in [0.29, 0.717) is 0 Å². The summed E-state index contributed by atoms with van der Waals surface area (Å²) < 4.78 is 5.09. The average molecular weight is 262 g/mol. The molecule has 2 atom stereocenters. The Morgan fingerprint density at radius 3 is 2.84 bits per heavy atom. The van der Waals surface area contributed by atoms with Crippen molar-refractivity contribution < 1.29 is 24.2 Å². The maximum Gasteiger partial charge on any atom is 0.311 e. The first-order chi connectivity index (χ1) is 9.11. The molecule has 0 aliphatic carbocycles. The molecule has 1 fully saturated rings. The van der Waals surface area contributed by atoms with Gasteiger partial charge in [0.1, 0.15) is 11.6 Å². The van der Waals surface area contributed by atoms with E-state index >= 15 is 0 Å². The fourth-order valence-electron chi connectivity index (χ4n) is 2.42. The predicted octanol–water partition coefficient (Wildman–Crippen LogP) is -0.223. The summed E-state index contributed by atoms with van der Waals surface area (Å²) in [7, 11) is 0. The molecule has 0 spiro atoms. The maximum atomic E-state index is 12.2. The Morgan fingerprint density at radius 1 is 1.37 bits per heavy atom. The summed E-state index contributed by atoms with van der Waals surface area (Å²) in [6, 6.07) is 2.30. The highest BCUT2D eigenvalue weighted by molar-refractivity contribution is 6.20. The van der Waals surface area contributed by atoms with Gasteiger partial charge in [0.05, 0.1) is 24.8 Å². The number of nitrogens with zero attached hydrogens (tertiary/aromatic N) is 2. The van der Waals surface area contributed by atoms with Gasteiger partial charge >= 0.3 is 5.97 Å². The van der Waals surface area contributed by atoms with Gasteiger partial charge in [-0.2, -0.15) is 0 Å². The van der Waals surface area contributed by atoms with Crippen LogP contribution in [-0.2, 0) is 9.53 Å². The van der Waals surface area contributed by atoms with Crippen molar-refractivity contribution in [2.24, 2.45) is 5.92 Å². The summed E-state index contributed by atoms with van der Waals surface area (Å²) in [4.78, 5) is 40.3. The molecule has 0 saturated carbocycles. The number of carboxylic acid groups (broad SMARTS) is 1. The molecule has 2 amide bonds. The van der Waals surface area contributed by atoms with Gasteiger partial charge < -0.3 is 9.84 Å². The Kier molecular flexibility index (Phi) is 2.56. The van der Waals surface area contributed by atoms with Crippen LogP contribution in [0.3, 0.4) is 0 Å². The zero-order valence-electron chi connectivity index (χ0n) is 9.78. The van der Waals surface area contributed by atoms with E-state index in [4.69, 9.17) is 9.84 Å². The third kappa shape index (κ3) is 1.62. The van der Waals surface area contributed by atoms with Crippen LogP contribution < -0.4 is 0 Å². The quantitative estimate of drug-likeness (QED) is 0.740. The van der Waals surface area contributed by atoms with E-state index in [0.717, 1.165) is 4.90 Å². The topological polar surface area (TPSA) is 96.8 Å². The van der Waals surface area contributed by atoms with Gasteiger partial charge in [-0.25, -0.2) is 0 Å². The summed E-state index contributed by atoms with van der Waals surface area (Å²) in [6.07, 6.45) is 1.42. The van der Waals surface area contributed by atoms with Crippen LogP contribution in [0.25, 0.3) is 0 Å². The van der Waals surface area contributed by atoms with E-state index in [-0.39, 0.29) is 24.5 Å². The van der Waals surface area contributed by atoms with Crippen molar-refractivity contribution in [1.29, 1.82) is 0 Å². The molecule has 1 N–H and O–H groups in total. The normalized spacial score (nSPS) is 25.8. The van der Waals surface area contributed by atoms with Crippen LogP contribution in [0, 0.1) is 5.92 Å². The van der Waals surface area contributed by atoms with E-state index in [1.165, 1.54) is 12.3 Å². The Morgan fingerprint density at radius 2 is 2.16 bits per heavy atom. The summed E-state index contributed by atoms with van der Waals surface area (Å²) in [5, 5.41) is 9.09. The lowest BCUT2D eigenvalue weighted by Gasteiger charge is -2.23. The molecule has 3 heterocycles. The molecule has 98 valence electrons. The van der Waals surface area contributed by atoms with E-state index in [9.17, 15) is 14.4 Å². The van der Waals surface area contributed by atoms with Crippen LogP contribution in [0.1, 0.15) is 20.8 Å². The largest absolute Gasteiger partial charge is 0.481 e. The van der Waals surface area contributed by atoms with Gasteiger partial charge in [0.25, 0.3) is 11.8 Å². The summed E-state index contributed by atoms with van der Waals surface area (Å²) >= 11 is 0. The molecule has 1 aromatic heterocycles. The van der Waals surface area contributed by atoms with Crippen molar-refractivity contribution in [3.8, 4) is 0 Å². The average Bonchev–Trinajstić information content (AvgIpc) is 2.95. The molecule has 7 nitrogen and oxygen atoms in total. The van der Waals surface area contributed by atoms with E-state index in [1.807, 2.05) is 0 Å². The number of hydrogen-bond acceptors (Lipinski definition) is 5. The molecule has 2 unspecified atom stereocenters. The summed E-state index contributed by atoms with van der Waals surface area (Å²) in [5.74, 6) is -3.02. The lowest BCUT2D eigenvalue weighted by atomic mass is 10.0. The van der Waals surface area contributed by atoms with E-state index in [1.54, 1.807) is 6.07 Å². The Hall–Kier alpha value is -2.28. The molecule has 1 aromatic rings. The molecule has 2 aliphatic heterocycles. The van der Waals surface area contributed by atoms with Gasteiger partial charge in [-0.05, 0) is 12.1 Å². The third-order valence-electron chi connectivity index (χ3n) is 3.38. The van der Waals surface area contributed by atoms with Crippen molar-refractivity contribution in [3.05, 3.63) is 29.6 Å². The third-order valence-corrected chi connectivity index (χ3v) is 3.38. The van der Waals surface area contributed by atoms with Crippen LogP contribution in [0.4, 0.5) is 0 Å². The number of ether oxygens (including phenoxy) is 1. The second-order valence-electron chi connectivity index (χ2n) is 4.43. The number of imide groups is 1. The predicted molar refractivity (Wildman–Crippen MR) is 60.5 cm³/mol. The van der Waals surface area contributed by atoms with E-state index in [2.05, 4.69) is 4.98 Å². The van der Waals surface area contributed by atoms with E-state index < -0.39 is 29.7 Å². The van der Waals surface area contributed by atoms with Crippen LogP contribution in [0.2, 0.25) is 0 Å². The lowest BCUT2D eigenvalue weighted by molar-refractivity contribution is -0.142. The van der Waals surface area contributed by atoms with Gasteiger partial charge in [-0.1, -0.05) is 0 Å². The zero-order chi connectivity index (χ0) is 13.6. The molecule has 0 aromatic carbocycles. The summed E-state index contributed by atoms with van der Waals surface area (Å²) in [6.45, 7) is 0.0449. The fourth-order valence-corrected chi connectivity index (χ4v) is 2.42. The number of carbonyl (C=O) groups excluding carboxylic acids is 2. The highest BCUT2D eigenvalue weighted by atomic mass is 16.5. The number of pyridine rings is 1. The number of amides is 2. The number of carbonyl (C=O) groups is 3. The molecule has 3 rings (SSSR count). The first kappa shape index (κ1) is 11.8. The first-order valence-electron chi connectivity index (χ1n) is 5.74. The van der Waals surface area contributed by atoms with Crippen LogP contribution >= 0.6 is 0 Å². The maximum absolute atomic E-state index is 12.2. The van der Waals surface area contributed by atoms with Crippen molar-refractivity contribution >= 4 is 17.8 Å². The Labute approximate surface area is 107 Å². The molecular formula is C12H10N2O5. The van der Waals surface area contributed by atoms with Crippen LogP contribution in [0.5, 0.6) is 0 Å². The van der Waals surface area contributed by atoms with Crippen molar-refractivity contribution in [3.63, 3.8) is 0 Å². The van der Waals surface area contributed by atoms with Gasteiger partial charge in [-0.15, -0.1) is 0 Å². The van der Waals surface area contributed by atoms with Crippen LogP contribution in [-0.4, -0.2) is 52.0 Å². The number of carboxylic acids is 1. The molecule has 2 aliphatic rings. The summed E-state index contributed by atoms with van der Waals surface area (Å²) in [5.41, 5.74) is 0.284. The molecule has 19 heavy (non-hydrogen) atoms. The van der Waals surface area contributed by atoms with Crippen LogP contribution in [0.15, 0.2) is 18.3 Å². The highest BCUT2D eigenvalue weighted by Crippen LogP contribution is 2.28. The molecule has 0 bridgehead atoms. The first-order valence-corrected chi connectivity index (χ1v) is 5.74.